The van der Waals surface area contributed by atoms with Crippen molar-refractivity contribution < 1.29 is 14.6 Å². The smallest absolute Gasteiger partial charge is 0.119 e. The molecule has 1 saturated heterocycles. The highest BCUT2D eigenvalue weighted by Crippen LogP contribution is 2.36. The molecule has 1 aromatic carbocycles. The van der Waals surface area contributed by atoms with E-state index < -0.39 is 6.10 Å². The Kier molecular flexibility index (Phi) is 4.48. The Bertz CT molecular complexity index is 491. The predicted octanol–water partition coefficient (Wildman–Crippen LogP) is 2.15. The van der Waals surface area contributed by atoms with E-state index in [9.17, 15) is 5.11 Å². The number of aliphatic hydroxyl groups excluding tert-OH is 1. The number of hydrogen-bond donors (Lipinski definition) is 1. The van der Waals surface area contributed by atoms with Gasteiger partial charge in [-0.1, -0.05) is 13.0 Å². The average Bonchev–Trinajstić information content (AvgIpc) is 2.55. The van der Waals surface area contributed by atoms with Crippen LogP contribution < -0.4 is 4.74 Å². The molecule has 3 rings (SSSR count). The summed E-state index contributed by atoms with van der Waals surface area (Å²) in [5.74, 6) is 0.872. The van der Waals surface area contributed by atoms with Crippen LogP contribution in [0.2, 0.25) is 0 Å². The molecule has 0 amide bonds. The summed E-state index contributed by atoms with van der Waals surface area (Å²) < 4.78 is 10.9. The van der Waals surface area contributed by atoms with Gasteiger partial charge in [-0.3, -0.25) is 4.90 Å². The molecule has 1 aliphatic heterocycles. The van der Waals surface area contributed by atoms with Crippen molar-refractivity contribution in [3.8, 4) is 5.75 Å². The van der Waals surface area contributed by atoms with Gasteiger partial charge in [-0.05, 0) is 42.5 Å². The molecule has 4 heteroatoms. The van der Waals surface area contributed by atoms with Gasteiger partial charge in [0.05, 0.1) is 26.4 Å². The first-order valence-corrected chi connectivity index (χ1v) is 7.93. The van der Waals surface area contributed by atoms with Crippen LogP contribution in [0.1, 0.15) is 37.0 Å². The summed E-state index contributed by atoms with van der Waals surface area (Å²) >= 11 is 0. The number of aryl methyl sites for hydroxylation is 1. The third-order valence-corrected chi connectivity index (χ3v) is 4.91. The van der Waals surface area contributed by atoms with Crippen LogP contribution in [-0.4, -0.2) is 49.0 Å². The van der Waals surface area contributed by atoms with E-state index in [1.54, 1.807) is 7.11 Å². The van der Waals surface area contributed by atoms with E-state index >= 15 is 0 Å². The van der Waals surface area contributed by atoms with Gasteiger partial charge in [0.25, 0.3) is 0 Å². The molecule has 1 aromatic rings. The monoisotopic (exact) mass is 291 g/mol. The van der Waals surface area contributed by atoms with Gasteiger partial charge in [-0.15, -0.1) is 0 Å². The van der Waals surface area contributed by atoms with Crippen LogP contribution in [0.4, 0.5) is 0 Å². The molecule has 1 fully saturated rings. The fraction of sp³-hybridized carbons (Fsp3) is 0.647. The molecular formula is C17H25NO3. The molecule has 1 aliphatic carbocycles. The maximum absolute atomic E-state index is 10.8. The molecule has 0 spiro atoms. The first kappa shape index (κ1) is 14.8. The number of benzene rings is 1. The van der Waals surface area contributed by atoms with Gasteiger partial charge < -0.3 is 14.6 Å². The minimum Gasteiger partial charge on any atom is -0.497 e. The first-order valence-electron chi connectivity index (χ1n) is 7.93. The van der Waals surface area contributed by atoms with Gasteiger partial charge in [0.2, 0.25) is 0 Å². The first-order chi connectivity index (χ1) is 10.2. The van der Waals surface area contributed by atoms with Crippen LogP contribution in [0.3, 0.4) is 0 Å². The van der Waals surface area contributed by atoms with E-state index in [1.807, 2.05) is 12.1 Å². The number of morpholine rings is 1. The number of aliphatic hydroxyl groups is 1. The highest BCUT2D eigenvalue weighted by atomic mass is 16.5. The van der Waals surface area contributed by atoms with Crippen LogP contribution in [0.15, 0.2) is 18.2 Å². The lowest BCUT2D eigenvalue weighted by Crippen LogP contribution is -2.53. The van der Waals surface area contributed by atoms with Crippen LogP contribution in [-0.2, 0) is 11.2 Å². The topological polar surface area (TPSA) is 41.9 Å². The molecule has 0 radical (unpaired) electrons. The van der Waals surface area contributed by atoms with Crippen molar-refractivity contribution in [1.82, 2.24) is 4.90 Å². The summed E-state index contributed by atoms with van der Waals surface area (Å²) in [5, 5.41) is 10.8. The van der Waals surface area contributed by atoms with E-state index in [0.29, 0.717) is 6.04 Å². The lowest BCUT2D eigenvalue weighted by atomic mass is 9.84. The summed E-state index contributed by atoms with van der Waals surface area (Å²) in [7, 11) is 1.68. The summed E-state index contributed by atoms with van der Waals surface area (Å²) in [6, 6.07) is 6.66. The largest absolute Gasteiger partial charge is 0.497 e. The number of rotatable bonds is 3. The van der Waals surface area contributed by atoms with Crippen molar-refractivity contribution in [3.05, 3.63) is 29.3 Å². The lowest BCUT2D eigenvalue weighted by molar-refractivity contribution is -0.0657. The average molecular weight is 291 g/mol. The normalized spacial score (nSPS) is 30.0. The molecule has 0 saturated carbocycles. The number of hydrogen-bond acceptors (Lipinski definition) is 4. The molecule has 3 unspecified atom stereocenters. The lowest BCUT2D eigenvalue weighted by Gasteiger charge is -2.44. The zero-order valence-corrected chi connectivity index (χ0v) is 12.9. The molecule has 0 bridgehead atoms. The third kappa shape index (κ3) is 2.80. The molecule has 4 nitrogen and oxygen atoms in total. The maximum Gasteiger partial charge on any atom is 0.119 e. The maximum atomic E-state index is 10.8. The molecular weight excluding hydrogens is 266 g/mol. The fourth-order valence-electron chi connectivity index (χ4n) is 3.69. The Morgan fingerprint density at radius 1 is 1.43 bits per heavy atom. The van der Waals surface area contributed by atoms with Crippen molar-refractivity contribution in [2.24, 2.45) is 0 Å². The molecule has 2 aliphatic rings. The molecule has 0 aromatic heterocycles. The Hall–Kier alpha value is -1.10. The van der Waals surface area contributed by atoms with E-state index in [2.05, 4.69) is 17.9 Å². The zero-order valence-electron chi connectivity index (χ0n) is 12.9. The second kappa shape index (κ2) is 6.34. The standard InChI is InChI=1S/C17H25NO3/c1-3-13-11-21-9-8-18(13)16-7-4-12-10-14(20-2)5-6-15(12)17(16)19/h5-6,10,13,16-17,19H,3-4,7-9,11H2,1-2H3. The predicted molar refractivity (Wildman–Crippen MR) is 81.7 cm³/mol. The van der Waals surface area contributed by atoms with Gasteiger partial charge in [-0.25, -0.2) is 0 Å². The van der Waals surface area contributed by atoms with Crippen molar-refractivity contribution in [1.29, 1.82) is 0 Å². The minimum atomic E-state index is -0.410. The molecule has 1 heterocycles. The van der Waals surface area contributed by atoms with Crippen molar-refractivity contribution >= 4 is 0 Å². The number of nitrogens with zero attached hydrogens (tertiary/aromatic N) is 1. The number of methoxy groups -OCH3 is 1. The second-order valence-electron chi connectivity index (χ2n) is 5.99. The number of ether oxygens (including phenoxy) is 2. The van der Waals surface area contributed by atoms with Crippen LogP contribution in [0, 0.1) is 0 Å². The van der Waals surface area contributed by atoms with Gasteiger partial charge in [0.1, 0.15) is 5.75 Å². The molecule has 21 heavy (non-hydrogen) atoms. The Morgan fingerprint density at radius 2 is 2.29 bits per heavy atom. The fourth-order valence-corrected chi connectivity index (χ4v) is 3.69. The zero-order chi connectivity index (χ0) is 14.8. The molecule has 116 valence electrons. The summed E-state index contributed by atoms with van der Waals surface area (Å²) in [4.78, 5) is 2.46. The van der Waals surface area contributed by atoms with Crippen LogP contribution in [0.25, 0.3) is 0 Å². The van der Waals surface area contributed by atoms with Gasteiger partial charge >= 0.3 is 0 Å². The van der Waals surface area contributed by atoms with Gasteiger partial charge in [0.15, 0.2) is 0 Å². The van der Waals surface area contributed by atoms with Crippen molar-refractivity contribution in [2.45, 2.75) is 44.4 Å². The second-order valence-corrected chi connectivity index (χ2v) is 5.99. The Balaban J connectivity index is 1.82. The highest BCUT2D eigenvalue weighted by Gasteiger charge is 2.36. The minimum absolute atomic E-state index is 0.208. The van der Waals surface area contributed by atoms with Crippen molar-refractivity contribution in [2.75, 3.05) is 26.9 Å². The molecule has 1 N–H and O–H groups in total. The quantitative estimate of drug-likeness (QED) is 0.926. The highest BCUT2D eigenvalue weighted by molar-refractivity contribution is 5.39. The Morgan fingerprint density at radius 3 is 3.05 bits per heavy atom. The van der Waals surface area contributed by atoms with Crippen LogP contribution in [0.5, 0.6) is 5.75 Å². The van der Waals surface area contributed by atoms with E-state index in [4.69, 9.17) is 9.47 Å². The Labute approximate surface area is 126 Å². The van der Waals surface area contributed by atoms with E-state index in [1.165, 1.54) is 5.56 Å². The van der Waals surface area contributed by atoms with Gasteiger partial charge in [-0.2, -0.15) is 0 Å². The molecule has 3 atom stereocenters. The summed E-state index contributed by atoms with van der Waals surface area (Å²) in [5.41, 5.74) is 2.29. The van der Waals surface area contributed by atoms with Gasteiger partial charge in [0, 0.05) is 18.6 Å². The number of fused-ring (bicyclic) bond motifs is 1. The SMILES string of the molecule is CCC1COCCN1C1CCc2cc(OC)ccc2C1O. The van der Waals surface area contributed by atoms with E-state index in [-0.39, 0.29) is 6.04 Å². The van der Waals surface area contributed by atoms with Crippen molar-refractivity contribution in [3.63, 3.8) is 0 Å². The summed E-state index contributed by atoms with van der Waals surface area (Å²) in [6.45, 7) is 4.68. The third-order valence-electron chi connectivity index (χ3n) is 4.91. The summed E-state index contributed by atoms with van der Waals surface area (Å²) in [6.07, 6.45) is 2.66. The van der Waals surface area contributed by atoms with Crippen LogP contribution >= 0.6 is 0 Å². The van der Waals surface area contributed by atoms with E-state index in [0.717, 1.165) is 50.3 Å².